The summed E-state index contributed by atoms with van der Waals surface area (Å²) in [6, 6.07) is 1.27. The average molecular weight is 206 g/mol. The van der Waals surface area contributed by atoms with Crippen LogP contribution in [0.1, 0.15) is 11.7 Å². The molecule has 0 bridgehead atoms. The molecule has 0 aliphatic carbocycles. The van der Waals surface area contributed by atoms with E-state index in [1.807, 2.05) is 0 Å². The second-order valence-electron chi connectivity index (χ2n) is 2.36. The van der Waals surface area contributed by atoms with E-state index in [0.717, 1.165) is 0 Å². The molecule has 1 aromatic heterocycles. The quantitative estimate of drug-likeness (QED) is 0.767. The summed E-state index contributed by atoms with van der Waals surface area (Å²) in [6.07, 6.45) is 1.50. The van der Waals surface area contributed by atoms with Crippen molar-refractivity contribution < 1.29 is 0 Å². The monoisotopic (exact) mass is 205 g/mol. The van der Waals surface area contributed by atoms with Gasteiger partial charge in [-0.2, -0.15) is 0 Å². The first-order valence-corrected chi connectivity index (χ1v) is 4.17. The Bertz CT molecular complexity index is 277. The van der Waals surface area contributed by atoms with Crippen molar-refractivity contribution in [3.63, 3.8) is 0 Å². The Morgan fingerprint density at radius 3 is 2.67 bits per heavy atom. The van der Waals surface area contributed by atoms with Gasteiger partial charge in [-0.25, -0.2) is 0 Å². The second kappa shape index (κ2) is 4.05. The highest BCUT2D eigenvalue weighted by Crippen LogP contribution is 2.21. The minimum Gasteiger partial charge on any atom is -0.329 e. The van der Waals surface area contributed by atoms with E-state index in [-0.39, 0.29) is 6.04 Å². The van der Waals surface area contributed by atoms with Gasteiger partial charge in [-0.05, 0) is 6.07 Å². The number of rotatable bonds is 2. The molecule has 12 heavy (non-hydrogen) atoms. The third-order valence-electron chi connectivity index (χ3n) is 1.44. The van der Waals surface area contributed by atoms with E-state index in [2.05, 4.69) is 4.98 Å². The molecule has 5 heteroatoms. The smallest absolute Gasteiger partial charge is 0.0770 e. The summed E-state index contributed by atoms with van der Waals surface area (Å²) in [6.45, 7) is 0.314. The third-order valence-corrected chi connectivity index (χ3v) is 1.95. The molecule has 0 spiro atoms. The lowest BCUT2D eigenvalue weighted by Crippen LogP contribution is -2.22. The van der Waals surface area contributed by atoms with Gasteiger partial charge in [-0.1, -0.05) is 23.2 Å². The first-order valence-electron chi connectivity index (χ1n) is 3.41. The molecule has 66 valence electrons. The van der Waals surface area contributed by atoms with E-state index in [9.17, 15) is 0 Å². The minimum atomic E-state index is -0.324. The molecule has 1 rings (SSSR count). The van der Waals surface area contributed by atoms with Crippen LogP contribution in [0.25, 0.3) is 0 Å². The van der Waals surface area contributed by atoms with Gasteiger partial charge in [0, 0.05) is 12.7 Å². The fraction of sp³-hybridized carbons (Fsp3) is 0.286. The maximum absolute atomic E-state index is 5.82. The largest absolute Gasteiger partial charge is 0.329 e. The van der Waals surface area contributed by atoms with Crippen LogP contribution in [0.15, 0.2) is 12.3 Å². The predicted octanol–water partition coefficient (Wildman–Crippen LogP) is 1.35. The Morgan fingerprint density at radius 1 is 1.50 bits per heavy atom. The molecule has 0 radical (unpaired) electrons. The molecular weight excluding hydrogens is 197 g/mol. The number of nitrogens with two attached hydrogens (primary N) is 2. The van der Waals surface area contributed by atoms with E-state index in [1.54, 1.807) is 6.07 Å². The Labute approximate surface area is 80.7 Å². The fourth-order valence-electron chi connectivity index (χ4n) is 0.810. The SMILES string of the molecule is NCC(N)c1ncc(Cl)cc1Cl. The molecule has 3 nitrogen and oxygen atoms in total. The molecule has 0 saturated carbocycles. The minimum absolute atomic E-state index is 0.314. The van der Waals surface area contributed by atoms with E-state index in [1.165, 1.54) is 6.20 Å². The van der Waals surface area contributed by atoms with Gasteiger partial charge in [0.1, 0.15) is 0 Å². The highest BCUT2D eigenvalue weighted by Gasteiger charge is 2.09. The van der Waals surface area contributed by atoms with Crippen molar-refractivity contribution in [2.75, 3.05) is 6.54 Å². The summed E-state index contributed by atoms with van der Waals surface area (Å²) in [5.41, 5.74) is 11.6. The van der Waals surface area contributed by atoms with Gasteiger partial charge >= 0.3 is 0 Å². The van der Waals surface area contributed by atoms with Gasteiger partial charge in [0.2, 0.25) is 0 Å². The van der Waals surface area contributed by atoms with Gasteiger partial charge in [-0.15, -0.1) is 0 Å². The molecular formula is C7H9Cl2N3. The number of aromatic nitrogens is 1. The summed E-state index contributed by atoms with van der Waals surface area (Å²) in [5.74, 6) is 0. The molecule has 0 aliphatic rings. The molecule has 4 N–H and O–H groups in total. The third kappa shape index (κ3) is 2.08. The highest BCUT2D eigenvalue weighted by molar-refractivity contribution is 6.34. The van der Waals surface area contributed by atoms with Crippen molar-refractivity contribution >= 4 is 23.2 Å². The highest BCUT2D eigenvalue weighted by atomic mass is 35.5. The number of pyridine rings is 1. The summed E-state index contributed by atoms with van der Waals surface area (Å²) < 4.78 is 0. The van der Waals surface area contributed by atoms with Crippen molar-refractivity contribution in [2.45, 2.75) is 6.04 Å². The van der Waals surface area contributed by atoms with E-state index >= 15 is 0 Å². The van der Waals surface area contributed by atoms with E-state index < -0.39 is 0 Å². The molecule has 1 atom stereocenters. The van der Waals surface area contributed by atoms with Crippen LogP contribution in [0.4, 0.5) is 0 Å². The number of halogens is 2. The molecule has 0 amide bonds. The molecule has 0 aliphatic heterocycles. The molecule has 0 aromatic carbocycles. The van der Waals surface area contributed by atoms with Gasteiger partial charge in [-0.3, -0.25) is 4.98 Å². The number of hydrogen-bond donors (Lipinski definition) is 2. The normalized spacial score (nSPS) is 13.0. The molecule has 1 aromatic rings. The van der Waals surface area contributed by atoms with Crippen molar-refractivity contribution in [1.29, 1.82) is 0 Å². The zero-order valence-corrected chi connectivity index (χ0v) is 7.81. The van der Waals surface area contributed by atoms with Crippen molar-refractivity contribution in [1.82, 2.24) is 4.98 Å². The van der Waals surface area contributed by atoms with Gasteiger partial charge in [0.15, 0.2) is 0 Å². The lowest BCUT2D eigenvalue weighted by atomic mass is 10.2. The summed E-state index contributed by atoms with van der Waals surface area (Å²) in [5, 5.41) is 0.952. The van der Waals surface area contributed by atoms with Crippen LogP contribution >= 0.6 is 23.2 Å². The van der Waals surface area contributed by atoms with Crippen LogP contribution in [0, 0.1) is 0 Å². The first kappa shape index (κ1) is 9.74. The van der Waals surface area contributed by atoms with Gasteiger partial charge in [0.05, 0.1) is 21.8 Å². The zero-order valence-electron chi connectivity index (χ0n) is 6.30. The number of nitrogens with zero attached hydrogens (tertiary/aromatic N) is 1. The molecule has 0 saturated heterocycles. The Hall–Kier alpha value is -0.350. The van der Waals surface area contributed by atoms with Gasteiger partial charge in [0.25, 0.3) is 0 Å². The van der Waals surface area contributed by atoms with Crippen molar-refractivity contribution in [3.05, 3.63) is 28.0 Å². The lowest BCUT2D eigenvalue weighted by Gasteiger charge is -2.09. The standard InChI is InChI=1S/C7H9Cl2N3/c8-4-1-5(9)7(12-3-4)6(11)2-10/h1,3,6H,2,10-11H2. The summed E-state index contributed by atoms with van der Waals surface area (Å²) >= 11 is 11.5. The summed E-state index contributed by atoms with van der Waals surface area (Å²) in [4.78, 5) is 3.98. The molecule has 0 fully saturated rings. The van der Waals surface area contributed by atoms with Crippen LogP contribution in [-0.4, -0.2) is 11.5 Å². The molecule has 1 heterocycles. The molecule has 1 unspecified atom stereocenters. The number of hydrogen-bond acceptors (Lipinski definition) is 3. The Balaban J connectivity index is 3.01. The zero-order chi connectivity index (χ0) is 9.14. The fourth-order valence-corrected chi connectivity index (χ4v) is 1.33. The maximum atomic E-state index is 5.82. The second-order valence-corrected chi connectivity index (χ2v) is 3.21. The van der Waals surface area contributed by atoms with Crippen LogP contribution in [0.5, 0.6) is 0 Å². The Kier molecular flexibility index (Phi) is 3.29. The van der Waals surface area contributed by atoms with Crippen LogP contribution < -0.4 is 11.5 Å². The van der Waals surface area contributed by atoms with Crippen LogP contribution in [0.2, 0.25) is 10.0 Å². The van der Waals surface area contributed by atoms with Crippen LogP contribution in [-0.2, 0) is 0 Å². The first-order chi connectivity index (χ1) is 5.65. The van der Waals surface area contributed by atoms with E-state index in [4.69, 9.17) is 34.7 Å². The average Bonchev–Trinajstić information content (AvgIpc) is 2.03. The van der Waals surface area contributed by atoms with Crippen LogP contribution in [0.3, 0.4) is 0 Å². The predicted molar refractivity (Wildman–Crippen MR) is 50.2 cm³/mol. The van der Waals surface area contributed by atoms with E-state index in [0.29, 0.717) is 22.3 Å². The topological polar surface area (TPSA) is 64.9 Å². The lowest BCUT2D eigenvalue weighted by molar-refractivity contribution is 0.711. The van der Waals surface area contributed by atoms with Crippen molar-refractivity contribution in [2.24, 2.45) is 11.5 Å². The Morgan fingerprint density at radius 2 is 2.17 bits per heavy atom. The van der Waals surface area contributed by atoms with Crippen molar-refractivity contribution in [3.8, 4) is 0 Å². The van der Waals surface area contributed by atoms with Gasteiger partial charge < -0.3 is 11.5 Å². The summed E-state index contributed by atoms with van der Waals surface area (Å²) in [7, 11) is 0. The maximum Gasteiger partial charge on any atom is 0.0770 e.